The van der Waals surface area contributed by atoms with E-state index >= 15 is 0 Å². The number of allylic oxidation sites excluding steroid dienone is 7. The number of unbranched alkanes of at least 4 members (excludes halogenated alkanes) is 33. The van der Waals surface area contributed by atoms with E-state index in [0.717, 1.165) is 77.0 Å². The van der Waals surface area contributed by atoms with Crippen molar-refractivity contribution in [1.82, 2.24) is 5.32 Å². The van der Waals surface area contributed by atoms with Gasteiger partial charge in [-0.3, -0.25) is 9.59 Å². The summed E-state index contributed by atoms with van der Waals surface area (Å²) < 4.78 is 5.45. The van der Waals surface area contributed by atoms with Gasteiger partial charge in [-0.25, -0.2) is 0 Å². The molecule has 0 bridgehead atoms. The summed E-state index contributed by atoms with van der Waals surface area (Å²) in [6.07, 6.45) is 64.2. The molecule has 0 fully saturated rings. The standard InChI is InChI=1S/C56H103NO5/c1-3-5-7-9-11-13-14-15-16-20-24-27-30-34-38-42-46-50-56(61)62-51-47-43-39-35-31-28-25-22-19-17-18-21-23-26-29-33-37-41-45-49-55(60)57-53(52-58)54(59)48-44-40-36-32-12-10-8-6-4-2/h15-16,22,25,28,31,44,48,53-54,58-59H,3-14,17-21,23-24,26-27,29-30,32-43,45-47,49-52H2,1-2H3,(H,57,60)/b16-15-,25-22-,31-28-,48-44+. The first-order valence-corrected chi connectivity index (χ1v) is 26.9. The number of carbonyl (C=O) groups is 2. The third-order valence-electron chi connectivity index (χ3n) is 12.1. The zero-order chi connectivity index (χ0) is 45.1. The summed E-state index contributed by atoms with van der Waals surface area (Å²) in [6.45, 7) is 4.82. The Morgan fingerprint density at radius 3 is 1.24 bits per heavy atom. The first-order valence-electron chi connectivity index (χ1n) is 26.9. The van der Waals surface area contributed by atoms with Gasteiger partial charge < -0.3 is 20.3 Å². The van der Waals surface area contributed by atoms with Gasteiger partial charge in [-0.1, -0.05) is 217 Å². The van der Waals surface area contributed by atoms with E-state index in [1.165, 1.54) is 167 Å². The van der Waals surface area contributed by atoms with Crippen molar-refractivity contribution >= 4 is 11.9 Å². The average molecular weight is 870 g/mol. The van der Waals surface area contributed by atoms with Gasteiger partial charge in [0.25, 0.3) is 0 Å². The van der Waals surface area contributed by atoms with Crippen molar-refractivity contribution in [3.05, 3.63) is 48.6 Å². The maximum Gasteiger partial charge on any atom is 0.305 e. The number of carbonyl (C=O) groups excluding carboxylic acids is 2. The number of nitrogens with one attached hydrogen (secondary N) is 1. The van der Waals surface area contributed by atoms with Crippen molar-refractivity contribution < 1.29 is 24.5 Å². The molecule has 2 unspecified atom stereocenters. The van der Waals surface area contributed by atoms with Gasteiger partial charge in [0.1, 0.15) is 0 Å². The smallest absolute Gasteiger partial charge is 0.305 e. The van der Waals surface area contributed by atoms with Gasteiger partial charge in [0.2, 0.25) is 5.91 Å². The summed E-state index contributed by atoms with van der Waals surface area (Å²) >= 11 is 0. The summed E-state index contributed by atoms with van der Waals surface area (Å²) in [6, 6.07) is -0.634. The van der Waals surface area contributed by atoms with Crippen LogP contribution in [0, 0.1) is 0 Å². The van der Waals surface area contributed by atoms with Crippen LogP contribution in [0.15, 0.2) is 48.6 Å². The molecular weight excluding hydrogens is 767 g/mol. The van der Waals surface area contributed by atoms with Crippen molar-refractivity contribution in [2.75, 3.05) is 13.2 Å². The van der Waals surface area contributed by atoms with Crippen molar-refractivity contribution in [3.63, 3.8) is 0 Å². The van der Waals surface area contributed by atoms with Crippen LogP contribution in [0.4, 0.5) is 0 Å². The van der Waals surface area contributed by atoms with E-state index < -0.39 is 12.1 Å². The molecule has 6 nitrogen and oxygen atoms in total. The van der Waals surface area contributed by atoms with Gasteiger partial charge >= 0.3 is 5.97 Å². The van der Waals surface area contributed by atoms with Crippen LogP contribution >= 0.6 is 0 Å². The molecule has 3 N–H and O–H groups in total. The second kappa shape index (κ2) is 51.5. The Kier molecular flexibility index (Phi) is 49.6. The molecule has 0 aliphatic rings. The molecule has 0 saturated heterocycles. The van der Waals surface area contributed by atoms with Crippen LogP contribution in [0.2, 0.25) is 0 Å². The quantitative estimate of drug-likeness (QED) is 0.0245. The zero-order valence-electron chi connectivity index (χ0n) is 41.1. The van der Waals surface area contributed by atoms with E-state index in [2.05, 4.69) is 55.6 Å². The molecule has 0 aromatic heterocycles. The largest absolute Gasteiger partial charge is 0.466 e. The lowest BCUT2D eigenvalue weighted by atomic mass is 10.0. The summed E-state index contributed by atoms with van der Waals surface area (Å²) in [5, 5.41) is 22.9. The van der Waals surface area contributed by atoms with E-state index in [1.54, 1.807) is 6.08 Å². The van der Waals surface area contributed by atoms with Crippen molar-refractivity contribution in [2.45, 2.75) is 283 Å². The van der Waals surface area contributed by atoms with E-state index in [9.17, 15) is 19.8 Å². The number of hydrogen-bond acceptors (Lipinski definition) is 5. The number of hydrogen-bond donors (Lipinski definition) is 3. The highest BCUT2D eigenvalue weighted by Gasteiger charge is 2.18. The minimum Gasteiger partial charge on any atom is -0.466 e. The molecule has 62 heavy (non-hydrogen) atoms. The van der Waals surface area contributed by atoms with E-state index in [4.69, 9.17) is 4.74 Å². The number of aliphatic hydroxyl groups is 2. The highest BCUT2D eigenvalue weighted by molar-refractivity contribution is 5.76. The Morgan fingerprint density at radius 1 is 0.452 bits per heavy atom. The fourth-order valence-corrected chi connectivity index (χ4v) is 7.91. The summed E-state index contributed by atoms with van der Waals surface area (Å²) in [7, 11) is 0. The summed E-state index contributed by atoms with van der Waals surface area (Å²) in [5.41, 5.74) is 0. The molecule has 362 valence electrons. The molecular formula is C56H103NO5. The van der Waals surface area contributed by atoms with Gasteiger partial charge in [0.15, 0.2) is 0 Å². The lowest BCUT2D eigenvalue weighted by Crippen LogP contribution is -2.45. The Balaban J connectivity index is 3.48. The average Bonchev–Trinajstić information content (AvgIpc) is 3.27. The third-order valence-corrected chi connectivity index (χ3v) is 12.1. The number of rotatable bonds is 49. The SMILES string of the molecule is CCCCCCCC/C=C\CCCCCCCCCC(=O)OCCCCC/C=C\C=C/CCCCCCCCCCCCC(=O)NC(CO)C(O)/C=C/CCCCCCCCC. The summed E-state index contributed by atoms with van der Waals surface area (Å²) in [4.78, 5) is 24.4. The fraction of sp³-hybridized carbons (Fsp3) is 0.821. The molecule has 0 aliphatic heterocycles. The van der Waals surface area contributed by atoms with Crippen LogP contribution in [0.5, 0.6) is 0 Å². The zero-order valence-corrected chi connectivity index (χ0v) is 41.1. The molecule has 6 heteroatoms. The molecule has 0 saturated carbocycles. The van der Waals surface area contributed by atoms with Gasteiger partial charge in [-0.2, -0.15) is 0 Å². The monoisotopic (exact) mass is 870 g/mol. The second-order valence-electron chi connectivity index (χ2n) is 18.2. The summed E-state index contributed by atoms with van der Waals surface area (Å²) in [5.74, 6) is -0.100. The van der Waals surface area contributed by atoms with Crippen LogP contribution < -0.4 is 5.32 Å². The molecule has 0 radical (unpaired) electrons. The van der Waals surface area contributed by atoms with E-state index in [1.807, 2.05) is 6.08 Å². The second-order valence-corrected chi connectivity index (χ2v) is 18.2. The normalized spacial score (nSPS) is 13.0. The van der Waals surface area contributed by atoms with E-state index in [0.29, 0.717) is 19.4 Å². The Morgan fingerprint density at radius 2 is 0.806 bits per heavy atom. The molecule has 0 aromatic carbocycles. The third kappa shape index (κ3) is 47.3. The Hall–Kier alpha value is -2.18. The van der Waals surface area contributed by atoms with Crippen molar-refractivity contribution in [1.29, 1.82) is 0 Å². The number of aliphatic hydroxyl groups excluding tert-OH is 2. The van der Waals surface area contributed by atoms with E-state index in [-0.39, 0.29) is 18.5 Å². The Bertz CT molecular complexity index is 1050. The number of amides is 1. The van der Waals surface area contributed by atoms with Gasteiger partial charge in [0.05, 0.1) is 25.4 Å². The minimum atomic E-state index is -0.849. The maximum absolute atomic E-state index is 12.4. The topological polar surface area (TPSA) is 95.9 Å². The predicted molar refractivity (Wildman–Crippen MR) is 269 cm³/mol. The van der Waals surface area contributed by atoms with Crippen LogP contribution in [-0.4, -0.2) is 47.4 Å². The lowest BCUT2D eigenvalue weighted by molar-refractivity contribution is -0.143. The van der Waals surface area contributed by atoms with Crippen LogP contribution in [0.1, 0.15) is 271 Å². The van der Waals surface area contributed by atoms with Crippen molar-refractivity contribution in [3.8, 4) is 0 Å². The lowest BCUT2D eigenvalue weighted by Gasteiger charge is -2.20. The van der Waals surface area contributed by atoms with Crippen LogP contribution in [0.25, 0.3) is 0 Å². The molecule has 1 amide bonds. The molecule has 0 rings (SSSR count). The highest BCUT2D eigenvalue weighted by atomic mass is 16.5. The number of esters is 1. The molecule has 0 heterocycles. The minimum absolute atomic E-state index is 0.0185. The maximum atomic E-state index is 12.4. The molecule has 0 aliphatic carbocycles. The van der Waals surface area contributed by atoms with Gasteiger partial charge in [0, 0.05) is 12.8 Å². The molecule has 2 atom stereocenters. The molecule has 0 spiro atoms. The fourth-order valence-electron chi connectivity index (χ4n) is 7.91. The predicted octanol–water partition coefficient (Wildman–Crippen LogP) is 16.2. The van der Waals surface area contributed by atoms with Crippen LogP contribution in [-0.2, 0) is 14.3 Å². The molecule has 0 aromatic rings. The first kappa shape index (κ1) is 59.8. The first-order chi connectivity index (χ1) is 30.5. The Labute approximate surface area is 385 Å². The number of ether oxygens (including phenoxy) is 1. The van der Waals surface area contributed by atoms with Crippen molar-refractivity contribution in [2.24, 2.45) is 0 Å². The van der Waals surface area contributed by atoms with Gasteiger partial charge in [-0.15, -0.1) is 0 Å². The van der Waals surface area contributed by atoms with Gasteiger partial charge in [-0.05, 0) is 89.9 Å². The highest BCUT2D eigenvalue weighted by Crippen LogP contribution is 2.15. The van der Waals surface area contributed by atoms with Crippen LogP contribution in [0.3, 0.4) is 0 Å².